The summed E-state index contributed by atoms with van der Waals surface area (Å²) in [5.74, 6) is -3.76. The van der Waals surface area contributed by atoms with Crippen molar-refractivity contribution in [3.05, 3.63) is 40.5 Å². The molecule has 1 fully saturated rings. The highest BCUT2D eigenvalue weighted by atomic mass is 19.2. The van der Waals surface area contributed by atoms with Crippen molar-refractivity contribution in [3.8, 4) is 6.07 Å². The summed E-state index contributed by atoms with van der Waals surface area (Å²) in [6, 6.07) is 1.56. The lowest BCUT2D eigenvalue weighted by atomic mass is 9.84. The Balaban J connectivity index is 1.41. The molecule has 4 atom stereocenters. The second-order valence-electron chi connectivity index (χ2n) is 6.99. The Kier molecular flexibility index (Phi) is 4.34. The first kappa shape index (κ1) is 17.3. The van der Waals surface area contributed by atoms with E-state index in [-0.39, 0.29) is 12.5 Å². The summed E-state index contributed by atoms with van der Waals surface area (Å²) in [5, 5.41) is 15.9. The minimum absolute atomic E-state index is 0.00125. The van der Waals surface area contributed by atoms with E-state index in [0.717, 1.165) is 11.3 Å². The first-order valence-electron chi connectivity index (χ1n) is 8.46. The minimum atomic E-state index is -1.17. The number of H-pyrrole nitrogens is 1. The van der Waals surface area contributed by atoms with Gasteiger partial charge in [0.05, 0.1) is 18.4 Å². The van der Waals surface area contributed by atoms with E-state index in [2.05, 4.69) is 21.2 Å². The van der Waals surface area contributed by atoms with Crippen molar-refractivity contribution < 1.29 is 17.9 Å². The number of fused-ring (bicyclic) bond motifs is 1. The molecular formula is C17H18F3N5O. The summed E-state index contributed by atoms with van der Waals surface area (Å²) in [5.41, 5.74) is 8.37. The highest BCUT2D eigenvalue weighted by molar-refractivity contribution is 5.36. The molecule has 0 bridgehead atoms. The number of aromatic amines is 1. The van der Waals surface area contributed by atoms with Gasteiger partial charge in [-0.25, -0.2) is 13.2 Å². The Morgan fingerprint density at radius 1 is 1.35 bits per heavy atom. The molecule has 9 heteroatoms. The molecule has 1 aliphatic carbocycles. The van der Waals surface area contributed by atoms with Crippen LogP contribution in [0.15, 0.2) is 23.6 Å². The maximum Gasteiger partial charge on any atom is 0.167 e. The van der Waals surface area contributed by atoms with E-state index >= 15 is 0 Å². The SMILES string of the molecule is N#Cc1n[nH]c2c1CN([C@H]1CO[C@H](C3CC(F)=C(F)C=C3F)[C@@H](N)C1)C2. The topological polar surface area (TPSA) is 91.0 Å². The molecule has 1 saturated heterocycles. The van der Waals surface area contributed by atoms with Crippen molar-refractivity contribution in [2.45, 2.75) is 44.1 Å². The standard InChI is InChI=1S/C17H18F3N5O/c18-11-3-13(20)12(19)2-9(11)17-14(22)1-8(7-26-17)25-5-10-15(4-21)23-24-16(10)6-25/h3,8-9,14,17H,1-2,5-7,22H2,(H,23,24)/t8-,9?,14+,17-/m1/s1. The second-order valence-corrected chi connectivity index (χ2v) is 6.99. The summed E-state index contributed by atoms with van der Waals surface area (Å²) < 4.78 is 46.6. The summed E-state index contributed by atoms with van der Waals surface area (Å²) in [6.45, 7) is 1.49. The molecule has 0 aromatic carbocycles. The Hall–Kier alpha value is -2.15. The Bertz CT molecular complexity index is 827. The predicted molar refractivity (Wildman–Crippen MR) is 85.2 cm³/mol. The van der Waals surface area contributed by atoms with E-state index in [1.54, 1.807) is 0 Å². The molecule has 3 aliphatic rings. The summed E-state index contributed by atoms with van der Waals surface area (Å²) in [7, 11) is 0. The van der Waals surface area contributed by atoms with Crippen LogP contribution in [0.25, 0.3) is 0 Å². The normalized spacial score (nSPS) is 32.3. The third-order valence-corrected chi connectivity index (χ3v) is 5.42. The van der Waals surface area contributed by atoms with Gasteiger partial charge in [-0.2, -0.15) is 10.4 Å². The monoisotopic (exact) mass is 365 g/mol. The number of rotatable bonds is 2. The number of nitrogens with two attached hydrogens (primary N) is 1. The predicted octanol–water partition coefficient (Wildman–Crippen LogP) is 2.11. The molecule has 138 valence electrons. The van der Waals surface area contributed by atoms with Crippen molar-refractivity contribution >= 4 is 0 Å². The largest absolute Gasteiger partial charge is 0.374 e. The Labute approximate surface area is 148 Å². The molecule has 2 aliphatic heterocycles. The zero-order valence-corrected chi connectivity index (χ0v) is 13.9. The van der Waals surface area contributed by atoms with E-state index in [0.29, 0.717) is 37.9 Å². The van der Waals surface area contributed by atoms with Gasteiger partial charge in [-0.15, -0.1) is 0 Å². The summed E-state index contributed by atoms with van der Waals surface area (Å²) in [6.07, 6.45) is 0.0534. The lowest BCUT2D eigenvalue weighted by Gasteiger charge is -2.41. The first-order valence-corrected chi connectivity index (χ1v) is 8.46. The number of aromatic nitrogens is 2. The molecule has 1 aromatic rings. The van der Waals surface area contributed by atoms with Crippen molar-refractivity contribution in [3.63, 3.8) is 0 Å². The van der Waals surface area contributed by atoms with Crippen LogP contribution in [0.4, 0.5) is 13.2 Å². The molecule has 3 heterocycles. The van der Waals surface area contributed by atoms with Gasteiger partial charge in [0.25, 0.3) is 0 Å². The number of nitrogens with one attached hydrogen (secondary N) is 1. The molecule has 26 heavy (non-hydrogen) atoms. The van der Waals surface area contributed by atoms with E-state index in [9.17, 15) is 13.2 Å². The van der Waals surface area contributed by atoms with Crippen molar-refractivity contribution in [2.24, 2.45) is 11.7 Å². The van der Waals surface area contributed by atoms with Crippen LogP contribution < -0.4 is 5.73 Å². The van der Waals surface area contributed by atoms with Gasteiger partial charge in [-0.05, 0) is 6.42 Å². The van der Waals surface area contributed by atoms with Crippen LogP contribution >= 0.6 is 0 Å². The number of allylic oxidation sites excluding steroid dienone is 3. The molecule has 1 unspecified atom stereocenters. The fraction of sp³-hybridized carbons (Fsp3) is 0.529. The maximum absolute atomic E-state index is 14.1. The van der Waals surface area contributed by atoms with Gasteiger partial charge < -0.3 is 10.5 Å². The van der Waals surface area contributed by atoms with E-state index < -0.39 is 35.5 Å². The Morgan fingerprint density at radius 3 is 2.88 bits per heavy atom. The average molecular weight is 365 g/mol. The zero-order chi connectivity index (χ0) is 18.4. The number of hydrogen-bond acceptors (Lipinski definition) is 5. The number of ether oxygens (including phenoxy) is 1. The van der Waals surface area contributed by atoms with Crippen LogP contribution in [0, 0.1) is 17.2 Å². The zero-order valence-electron chi connectivity index (χ0n) is 13.9. The van der Waals surface area contributed by atoms with Crippen LogP contribution in [0.3, 0.4) is 0 Å². The third kappa shape index (κ3) is 2.84. The first-order chi connectivity index (χ1) is 12.5. The van der Waals surface area contributed by atoms with E-state index in [1.807, 2.05) is 0 Å². The van der Waals surface area contributed by atoms with Crippen molar-refractivity contribution in [1.82, 2.24) is 15.1 Å². The van der Waals surface area contributed by atoms with Crippen LogP contribution in [-0.4, -0.2) is 39.9 Å². The number of nitrogens with zero attached hydrogens (tertiary/aromatic N) is 3. The number of halogens is 3. The fourth-order valence-electron chi connectivity index (χ4n) is 4.01. The van der Waals surface area contributed by atoms with Gasteiger partial charge >= 0.3 is 0 Å². The van der Waals surface area contributed by atoms with E-state index in [4.69, 9.17) is 15.7 Å². The molecule has 6 nitrogen and oxygen atoms in total. The molecule has 1 aromatic heterocycles. The quantitative estimate of drug-likeness (QED) is 0.838. The number of hydrogen-bond donors (Lipinski definition) is 2. The van der Waals surface area contributed by atoms with Crippen molar-refractivity contribution in [2.75, 3.05) is 6.61 Å². The van der Waals surface area contributed by atoms with Crippen LogP contribution in [-0.2, 0) is 17.8 Å². The molecule has 0 amide bonds. The smallest absolute Gasteiger partial charge is 0.167 e. The van der Waals surface area contributed by atoms with Crippen LogP contribution in [0.2, 0.25) is 0 Å². The summed E-state index contributed by atoms with van der Waals surface area (Å²) >= 11 is 0. The van der Waals surface area contributed by atoms with Crippen molar-refractivity contribution in [1.29, 1.82) is 5.26 Å². The van der Waals surface area contributed by atoms with Gasteiger partial charge in [0.1, 0.15) is 17.7 Å². The highest BCUT2D eigenvalue weighted by Gasteiger charge is 2.41. The molecule has 4 rings (SSSR count). The van der Waals surface area contributed by atoms with Gasteiger partial charge in [0.15, 0.2) is 11.5 Å². The van der Waals surface area contributed by atoms with Gasteiger partial charge in [-0.1, -0.05) is 0 Å². The molecule has 0 spiro atoms. The molecule has 0 radical (unpaired) electrons. The lowest BCUT2D eigenvalue weighted by Crippen LogP contribution is -2.53. The molecule has 3 N–H and O–H groups in total. The van der Waals surface area contributed by atoms with Crippen LogP contribution in [0.5, 0.6) is 0 Å². The average Bonchev–Trinajstić information content (AvgIpc) is 3.18. The Morgan fingerprint density at radius 2 is 2.15 bits per heavy atom. The van der Waals surface area contributed by atoms with Gasteiger partial charge in [0.2, 0.25) is 0 Å². The van der Waals surface area contributed by atoms with Crippen LogP contribution in [0.1, 0.15) is 29.8 Å². The highest BCUT2D eigenvalue weighted by Crippen LogP contribution is 2.38. The maximum atomic E-state index is 14.1. The molecular weight excluding hydrogens is 347 g/mol. The lowest BCUT2D eigenvalue weighted by molar-refractivity contribution is -0.0731. The minimum Gasteiger partial charge on any atom is -0.374 e. The fourth-order valence-corrected chi connectivity index (χ4v) is 4.01. The van der Waals surface area contributed by atoms with Gasteiger partial charge in [0, 0.05) is 49.2 Å². The second kappa shape index (κ2) is 6.54. The summed E-state index contributed by atoms with van der Waals surface area (Å²) in [4.78, 5) is 2.13. The van der Waals surface area contributed by atoms with Gasteiger partial charge in [-0.3, -0.25) is 10.00 Å². The number of nitriles is 1. The molecule has 0 saturated carbocycles. The third-order valence-electron chi connectivity index (χ3n) is 5.42. The van der Waals surface area contributed by atoms with E-state index in [1.165, 1.54) is 0 Å².